The molecule has 1 fully saturated rings. The van der Waals surface area contributed by atoms with Crippen molar-refractivity contribution in [2.75, 3.05) is 34.7 Å². The molecule has 9 heteroatoms. The van der Waals surface area contributed by atoms with Gasteiger partial charge in [-0.2, -0.15) is 0 Å². The van der Waals surface area contributed by atoms with Crippen LogP contribution in [0.5, 0.6) is 28.7 Å². The Kier molecular flexibility index (Phi) is 6.35. The number of methoxy groups -OCH3 is 3. The highest BCUT2D eigenvalue weighted by Gasteiger charge is 2.55. The molecule has 1 saturated heterocycles. The first kappa shape index (κ1) is 25.7. The molecule has 4 atom stereocenters. The Labute approximate surface area is 219 Å². The summed E-state index contributed by atoms with van der Waals surface area (Å²) in [5.74, 6) is 1.77. The number of esters is 1. The summed E-state index contributed by atoms with van der Waals surface area (Å²) >= 11 is 0. The van der Waals surface area contributed by atoms with E-state index in [4.69, 9.17) is 32.8 Å². The number of cyclic esters (lactones) is 1. The normalized spacial score (nSPS) is 24.3. The first-order valence-corrected chi connectivity index (χ1v) is 15.5. The third-order valence-electron chi connectivity index (χ3n) is 8.39. The zero-order chi connectivity index (χ0) is 26.7. The van der Waals surface area contributed by atoms with Gasteiger partial charge in [-0.05, 0) is 59.1 Å². The average Bonchev–Trinajstić information content (AvgIpc) is 3.47. The molecule has 2 heterocycles. The molecule has 1 aliphatic carbocycles. The maximum absolute atomic E-state index is 13.4. The molecule has 2 aliphatic heterocycles. The fraction of sp³-hybridized carbons (Fsp3) is 0.536. The van der Waals surface area contributed by atoms with Gasteiger partial charge in [0.05, 0.1) is 40.0 Å². The predicted octanol–water partition coefficient (Wildman–Crippen LogP) is 5.44. The molecule has 0 spiro atoms. The first-order valence-electron chi connectivity index (χ1n) is 12.6. The first-order chi connectivity index (χ1) is 17.5. The minimum absolute atomic E-state index is 0.00393. The maximum atomic E-state index is 13.4. The van der Waals surface area contributed by atoms with Crippen LogP contribution in [0.3, 0.4) is 0 Å². The topological polar surface area (TPSA) is 81.7 Å². The fourth-order valence-corrected chi connectivity index (χ4v) is 6.73. The molecule has 200 valence electrons. The summed E-state index contributed by atoms with van der Waals surface area (Å²) in [6.45, 7) is 11.6. The summed E-state index contributed by atoms with van der Waals surface area (Å²) < 4.78 is 41.1. The van der Waals surface area contributed by atoms with Crippen molar-refractivity contribution in [2.24, 2.45) is 11.8 Å². The number of ether oxygens (including phenoxy) is 6. The molecule has 0 amide bonds. The maximum Gasteiger partial charge on any atom is 0.310 e. The van der Waals surface area contributed by atoms with Crippen LogP contribution in [0, 0.1) is 11.8 Å². The van der Waals surface area contributed by atoms with E-state index in [1.165, 1.54) is 0 Å². The zero-order valence-electron chi connectivity index (χ0n) is 22.8. The quantitative estimate of drug-likeness (QED) is 0.362. The number of hydrogen-bond donors (Lipinski definition) is 0. The summed E-state index contributed by atoms with van der Waals surface area (Å²) in [6, 6.07) is 7.85. The van der Waals surface area contributed by atoms with Crippen molar-refractivity contribution in [3.63, 3.8) is 0 Å². The lowest BCUT2D eigenvalue weighted by atomic mass is 9.66. The van der Waals surface area contributed by atoms with Crippen LogP contribution in [0.1, 0.15) is 49.5 Å². The Morgan fingerprint density at radius 3 is 2.00 bits per heavy atom. The summed E-state index contributed by atoms with van der Waals surface area (Å²) in [7, 11) is 2.54. The van der Waals surface area contributed by atoms with Gasteiger partial charge in [-0.25, -0.2) is 0 Å². The van der Waals surface area contributed by atoms with Gasteiger partial charge in [-0.3, -0.25) is 4.79 Å². The summed E-state index contributed by atoms with van der Waals surface area (Å²) in [5.41, 5.74) is 2.84. The third kappa shape index (κ3) is 4.12. The molecule has 5 rings (SSSR count). The van der Waals surface area contributed by atoms with Crippen LogP contribution >= 0.6 is 0 Å². The highest BCUT2D eigenvalue weighted by molar-refractivity contribution is 6.74. The van der Waals surface area contributed by atoms with Crippen molar-refractivity contribution in [1.29, 1.82) is 0 Å². The van der Waals surface area contributed by atoms with E-state index in [2.05, 4.69) is 33.9 Å². The van der Waals surface area contributed by atoms with Crippen LogP contribution in [0.4, 0.5) is 0 Å². The van der Waals surface area contributed by atoms with Gasteiger partial charge in [0.25, 0.3) is 0 Å². The van der Waals surface area contributed by atoms with E-state index in [9.17, 15) is 4.79 Å². The second-order valence-electron chi connectivity index (χ2n) is 11.4. The Balaban J connectivity index is 1.73. The van der Waals surface area contributed by atoms with Gasteiger partial charge in [0, 0.05) is 11.8 Å². The largest absolute Gasteiger partial charge is 0.493 e. The SMILES string of the molecule is COc1cc([C@H]2c3cc4c(cc3[C@@H](O[Si](C)(C)C(C)(C)C)[C@H]3COC(=O)[C@@H]23)OCO4)cc(OC)c1OC. The molecule has 0 radical (unpaired) electrons. The average molecular weight is 529 g/mol. The van der Waals surface area contributed by atoms with E-state index >= 15 is 0 Å². The van der Waals surface area contributed by atoms with Crippen molar-refractivity contribution < 1.29 is 37.6 Å². The van der Waals surface area contributed by atoms with Crippen molar-refractivity contribution in [1.82, 2.24) is 0 Å². The van der Waals surface area contributed by atoms with E-state index < -0.39 is 14.2 Å². The number of rotatable bonds is 6. The predicted molar refractivity (Wildman–Crippen MR) is 139 cm³/mol. The number of benzene rings is 2. The second-order valence-corrected chi connectivity index (χ2v) is 16.1. The molecule has 3 aliphatic rings. The van der Waals surface area contributed by atoms with Crippen LogP contribution < -0.4 is 23.7 Å². The Bertz CT molecular complexity index is 1190. The number of carbonyl (C=O) groups excluding carboxylic acids is 1. The molecule has 0 bridgehead atoms. The lowest BCUT2D eigenvalue weighted by Crippen LogP contribution is -2.46. The molecule has 8 nitrogen and oxygen atoms in total. The lowest BCUT2D eigenvalue weighted by molar-refractivity contribution is -0.141. The molecular formula is C28H36O8Si. The summed E-state index contributed by atoms with van der Waals surface area (Å²) in [6.07, 6.45) is -0.305. The monoisotopic (exact) mass is 528 g/mol. The van der Waals surface area contributed by atoms with Crippen LogP contribution in [0.15, 0.2) is 24.3 Å². The number of fused-ring (bicyclic) bond motifs is 3. The summed E-state index contributed by atoms with van der Waals surface area (Å²) in [5, 5.41) is -0.00393. The zero-order valence-corrected chi connectivity index (χ0v) is 23.8. The Hall–Kier alpha value is -2.91. The number of carbonyl (C=O) groups is 1. The van der Waals surface area contributed by atoms with Crippen LogP contribution in [0.25, 0.3) is 0 Å². The van der Waals surface area contributed by atoms with Gasteiger partial charge in [0.1, 0.15) is 0 Å². The van der Waals surface area contributed by atoms with Gasteiger partial charge in [0.2, 0.25) is 12.5 Å². The van der Waals surface area contributed by atoms with Crippen molar-refractivity contribution in [3.05, 3.63) is 41.0 Å². The number of hydrogen-bond acceptors (Lipinski definition) is 8. The van der Waals surface area contributed by atoms with Crippen molar-refractivity contribution in [2.45, 2.75) is 50.9 Å². The highest BCUT2D eigenvalue weighted by Crippen LogP contribution is 2.57. The van der Waals surface area contributed by atoms with E-state index in [1.54, 1.807) is 21.3 Å². The second kappa shape index (κ2) is 9.13. The van der Waals surface area contributed by atoms with Crippen LogP contribution in [-0.4, -0.2) is 49.0 Å². The third-order valence-corrected chi connectivity index (χ3v) is 12.8. The van der Waals surface area contributed by atoms with E-state index in [0.717, 1.165) is 16.7 Å². The fourth-order valence-electron chi connectivity index (χ4n) is 5.44. The van der Waals surface area contributed by atoms with Gasteiger partial charge in [-0.1, -0.05) is 20.8 Å². The standard InChI is InChI=1S/C28H36O8Si/c1-28(2,3)37(7,8)36-25-17-12-20-19(34-14-35-20)11-16(17)23(24-18(25)13-33-27(24)29)15-9-21(30-4)26(32-6)22(10-15)31-5/h9-12,18,23-25H,13-14H2,1-8H3/t18-,23-,24+,25+/m0/s1. The Morgan fingerprint density at radius 2 is 1.46 bits per heavy atom. The molecule has 0 saturated carbocycles. The van der Waals surface area contributed by atoms with E-state index in [-0.39, 0.29) is 35.7 Å². The molecule has 2 aromatic rings. The minimum atomic E-state index is -2.21. The van der Waals surface area contributed by atoms with Gasteiger partial charge < -0.3 is 32.8 Å². The van der Waals surface area contributed by atoms with Crippen molar-refractivity contribution >= 4 is 14.3 Å². The van der Waals surface area contributed by atoms with Crippen LogP contribution in [-0.2, 0) is 14.0 Å². The molecular weight excluding hydrogens is 492 g/mol. The smallest absolute Gasteiger partial charge is 0.310 e. The molecule has 0 aromatic heterocycles. The molecule has 2 aromatic carbocycles. The summed E-state index contributed by atoms with van der Waals surface area (Å²) in [4.78, 5) is 13.4. The van der Waals surface area contributed by atoms with Gasteiger partial charge >= 0.3 is 5.97 Å². The lowest BCUT2D eigenvalue weighted by Gasteiger charge is -2.45. The van der Waals surface area contributed by atoms with Gasteiger partial charge in [0.15, 0.2) is 31.3 Å². The van der Waals surface area contributed by atoms with E-state index in [1.807, 2.05) is 24.3 Å². The highest BCUT2D eigenvalue weighted by atomic mass is 28.4. The van der Waals surface area contributed by atoms with Gasteiger partial charge in [-0.15, -0.1) is 0 Å². The Morgan fingerprint density at radius 1 is 0.865 bits per heavy atom. The van der Waals surface area contributed by atoms with E-state index in [0.29, 0.717) is 35.4 Å². The molecule has 0 unspecified atom stereocenters. The van der Waals surface area contributed by atoms with Crippen molar-refractivity contribution in [3.8, 4) is 28.7 Å². The minimum Gasteiger partial charge on any atom is -0.493 e. The van der Waals surface area contributed by atoms with Crippen LogP contribution in [0.2, 0.25) is 18.1 Å². The molecule has 0 N–H and O–H groups in total. The molecule has 37 heavy (non-hydrogen) atoms.